The Labute approximate surface area is 179 Å². The minimum absolute atomic E-state index is 0.00237. The van der Waals surface area contributed by atoms with Crippen LogP contribution >= 0.6 is 11.3 Å². The van der Waals surface area contributed by atoms with Gasteiger partial charge >= 0.3 is 0 Å². The first-order chi connectivity index (χ1) is 14.5. The largest absolute Gasteiger partial charge is 0.363 e. The summed E-state index contributed by atoms with van der Waals surface area (Å²) in [6, 6.07) is 11.8. The zero-order chi connectivity index (χ0) is 20.7. The molecule has 1 aliphatic heterocycles. The van der Waals surface area contributed by atoms with Crippen LogP contribution in [0.5, 0.6) is 0 Å². The van der Waals surface area contributed by atoms with E-state index in [1.54, 1.807) is 22.4 Å². The van der Waals surface area contributed by atoms with E-state index in [1.165, 1.54) is 4.70 Å². The van der Waals surface area contributed by atoms with Crippen molar-refractivity contribution in [2.24, 2.45) is 11.7 Å². The lowest BCUT2D eigenvalue weighted by Gasteiger charge is -2.23. The third-order valence-electron chi connectivity index (χ3n) is 6.17. The summed E-state index contributed by atoms with van der Waals surface area (Å²) < 4.78 is 1.19. The van der Waals surface area contributed by atoms with E-state index in [9.17, 15) is 9.59 Å². The molecule has 1 saturated carbocycles. The topological polar surface area (TPSA) is 88.3 Å². The lowest BCUT2D eigenvalue weighted by Crippen LogP contribution is -2.50. The van der Waals surface area contributed by atoms with Gasteiger partial charge in [-0.25, -0.2) is 4.98 Å². The van der Waals surface area contributed by atoms with Gasteiger partial charge in [0.05, 0.1) is 6.54 Å². The average Bonchev–Trinajstić information content (AvgIpc) is 3.49. The molecule has 1 amide bonds. The van der Waals surface area contributed by atoms with Crippen molar-refractivity contribution in [3.8, 4) is 0 Å². The molecule has 3 N–H and O–H groups in total. The minimum Gasteiger partial charge on any atom is -0.363 e. The van der Waals surface area contributed by atoms with Gasteiger partial charge in [-0.15, -0.1) is 11.3 Å². The normalized spacial score (nSPS) is 21.4. The van der Waals surface area contributed by atoms with Gasteiger partial charge in [0.2, 0.25) is 5.91 Å². The van der Waals surface area contributed by atoms with Crippen LogP contribution in [0.2, 0.25) is 0 Å². The fourth-order valence-corrected chi connectivity index (χ4v) is 5.26. The first-order valence-electron chi connectivity index (χ1n) is 10.3. The Bertz CT molecular complexity index is 1120. The van der Waals surface area contributed by atoms with E-state index in [2.05, 4.69) is 27.8 Å². The summed E-state index contributed by atoms with van der Waals surface area (Å²) in [5, 5.41) is 6.31. The second-order valence-corrected chi connectivity index (χ2v) is 9.16. The third-order valence-corrected chi connectivity index (χ3v) is 7.18. The van der Waals surface area contributed by atoms with Gasteiger partial charge < -0.3 is 16.0 Å². The van der Waals surface area contributed by atoms with Crippen LogP contribution in [0, 0.1) is 5.92 Å². The standard InChI is InChI=1S/C23H24N4O2S/c24-23(16-5-6-16)8-10-27(22(23)29)17-7-9-25-21(12-17)26-13-18(28)11-15-14-30-20-4-2-1-3-19(15)20/h1-4,7,9,12,14,16H,5-6,8,10-11,13,24H2,(H,25,26)/t23-/m1/s1. The summed E-state index contributed by atoms with van der Waals surface area (Å²) >= 11 is 1.66. The Kier molecular flexibility index (Phi) is 4.79. The summed E-state index contributed by atoms with van der Waals surface area (Å²) in [5.41, 5.74) is 7.54. The van der Waals surface area contributed by atoms with E-state index >= 15 is 0 Å². The second kappa shape index (κ2) is 7.49. The van der Waals surface area contributed by atoms with Crippen molar-refractivity contribution in [3.05, 3.63) is 53.5 Å². The highest BCUT2D eigenvalue weighted by atomic mass is 32.1. The first kappa shape index (κ1) is 19.2. The highest BCUT2D eigenvalue weighted by Crippen LogP contribution is 2.44. The average molecular weight is 421 g/mol. The van der Waals surface area contributed by atoms with Gasteiger partial charge in [-0.1, -0.05) is 18.2 Å². The lowest BCUT2D eigenvalue weighted by molar-refractivity contribution is -0.122. The number of pyridine rings is 1. The van der Waals surface area contributed by atoms with Crippen LogP contribution in [0.25, 0.3) is 10.1 Å². The van der Waals surface area contributed by atoms with Crippen LogP contribution in [-0.2, 0) is 16.0 Å². The number of Topliss-reactive ketones (excluding diaryl/α,β-unsaturated/α-hetero) is 1. The van der Waals surface area contributed by atoms with E-state index in [0.29, 0.717) is 31.1 Å². The number of nitrogens with zero attached hydrogens (tertiary/aromatic N) is 2. The molecule has 3 aromatic rings. The summed E-state index contributed by atoms with van der Waals surface area (Å²) in [5.74, 6) is 1.00. The predicted octanol–water partition coefficient (Wildman–Crippen LogP) is 3.36. The molecule has 1 saturated heterocycles. The Balaban J connectivity index is 1.23. The number of aromatic nitrogens is 1. The van der Waals surface area contributed by atoms with Crippen LogP contribution in [0.1, 0.15) is 24.8 Å². The second-order valence-electron chi connectivity index (χ2n) is 8.25. The van der Waals surface area contributed by atoms with E-state index in [0.717, 1.165) is 29.5 Å². The number of benzene rings is 1. The number of carbonyl (C=O) groups excluding carboxylic acids is 2. The Morgan fingerprint density at radius 2 is 2.13 bits per heavy atom. The lowest BCUT2D eigenvalue weighted by atomic mass is 9.93. The number of nitrogens with two attached hydrogens (primary N) is 1. The summed E-state index contributed by atoms with van der Waals surface area (Å²) in [4.78, 5) is 31.5. The van der Waals surface area contributed by atoms with Crippen molar-refractivity contribution in [1.29, 1.82) is 0 Å². The smallest absolute Gasteiger partial charge is 0.247 e. The Morgan fingerprint density at radius 1 is 1.30 bits per heavy atom. The molecule has 0 unspecified atom stereocenters. The zero-order valence-electron chi connectivity index (χ0n) is 16.6. The number of hydrogen-bond donors (Lipinski definition) is 2. The molecule has 5 rings (SSSR count). The maximum atomic E-state index is 12.9. The number of nitrogens with one attached hydrogen (secondary N) is 1. The van der Waals surface area contributed by atoms with Gasteiger partial charge in [0.1, 0.15) is 11.4 Å². The van der Waals surface area contributed by atoms with Crippen molar-refractivity contribution >= 4 is 44.6 Å². The van der Waals surface area contributed by atoms with Gasteiger partial charge in [0.15, 0.2) is 5.78 Å². The maximum Gasteiger partial charge on any atom is 0.247 e. The van der Waals surface area contributed by atoms with Crippen molar-refractivity contribution in [1.82, 2.24) is 4.98 Å². The number of hydrogen-bond acceptors (Lipinski definition) is 6. The SMILES string of the molecule is N[C@@]1(C2CC2)CCN(c2ccnc(NCC(=O)Cc3csc4ccccc34)c2)C1=O. The Morgan fingerprint density at radius 3 is 2.97 bits per heavy atom. The molecule has 0 spiro atoms. The van der Waals surface area contributed by atoms with E-state index in [-0.39, 0.29) is 18.2 Å². The number of rotatable bonds is 7. The van der Waals surface area contributed by atoms with Crippen LogP contribution in [-0.4, -0.2) is 35.3 Å². The Hall–Kier alpha value is -2.77. The fourth-order valence-electron chi connectivity index (χ4n) is 4.30. The molecular weight excluding hydrogens is 396 g/mol. The number of amides is 1. The van der Waals surface area contributed by atoms with Crippen LogP contribution in [0.15, 0.2) is 48.0 Å². The van der Waals surface area contributed by atoms with Gasteiger partial charge in [-0.05, 0) is 53.6 Å². The monoisotopic (exact) mass is 420 g/mol. The first-order valence-corrected chi connectivity index (χ1v) is 11.2. The van der Waals surface area contributed by atoms with Gasteiger partial charge in [-0.2, -0.15) is 0 Å². The van der Waals surface area contributed by atoms with Crippen LogP contribution in [0.4, 0.5) is 11.5 Å². The number of anilines is 2. The maximum absolute atomic E-state index is 12.9. The number of ketones is 1. The summed E-state index contributed by atoms with van der Waals surface area (Å²) in [6.07, 6.45) is 4.82. The molecule has 3 heterocycles. The minimum atomic E-state index is -0.712. The third kappa shape index (κ3) is 3.48. The molecule has 2 aliphatic rings. The van der Waals surface area contributed by atoms with Crippen molar-refractivity contribution in [2.45, 2.75) is 31.2 Å². The molecule has 2 aromatic heterocycles. The van der Waals surface area contributed by atoms with E-state index < -0.39 is 5.54 Å². The van der Waals surface area contributed by atoms with E-state index in [4.69, 9.17) is 5.73 Å². The molecule has 6 nitrogen and oxygen atoms in total. The van der Waals surface area contributed by atoms with Crippen LogP contribution in [0.3, 0.4) is 0 Å². The summed E-state index contributed by atoms with van der Waals surface area (Å²) in [7, 11) is 0. The molecule has 1 aromatic carbocycles. The number of thiophene rings is 1. The quantitative estimate of drug-likeness (QED) is 0.612. The summed E-state index contributed by atoms with van der Waals surface area (Å²) in [6.45, 7) is 0.816. The molecule has 2 fully saturated rings. The van der Waals surface area contributed by atoms with Gasteiger partial charge in [0, 0.05) is 35.6 Å². The van der Waals surface area contributed by atoms with Crippen molar-refractivity contribution < 1.29 is 9.59 Å². The molecule has 0 bridgehead atoms. The van der Waals surface area contributed by atoms with Crippen LogP contribution < -0.4 is 16.0 Å². The number of carbonyl (C=O) groups is 2. The van der Waals surface area contributed by atoms with E-state index in [1.807, 2.05) is 24.3 Å². The number of fused-ring (bicyclic) bond motifs is 1. The van der Waals surface area contributed by atoms with Gasteiger partial charge in [-0.3, -0.25) is 9.59 Å². The molecule has 154 valence electrons. The molecule has 1 aliphatic carbocycles. The zero-order valence-corrected chi connectivity index (χ0v) is 17.5. The molecule has 0 radical (unpaired) electrons. The highest BCUT2D eigenvalue weighted by molar-refractivity contribution is 7.17. The molecule has 30 heavy (non-hydrogen) atoms. The van der Waals surface area contributed by atoms with Gasteiger partial charge in [0.25, 0.3) is 0 Å². The predicted molar refractivity (Wildman–Crippen MR) is 120 cm³/mol. The van der Waals surface area contributed by atoms with Crippen molar-refractivity contribution in [2.75, 3.05) is 23.3 Å². The molecule has 1 atom stereocenters. The fraction of sp³-hybridized carbons (Fsp3) is 0.348. The molecule has 7 heteroatoms. The molecular formula is C23H24N4O2S. The van der Waals surface area contributed by atoms with Crippen molar-refractivity contribution in [3.63, 3.8) is 0 Å². The highest BCUT2D eigenvalue weighted by Gasteiger charge is 2.53.